The van der Waals surface area contributed by atoms with E-state index in [1.807, 2.05) is 53.7 Å². The molecule has 0 fully saturated rings. The molecule has 0 spiro atoms. The number of hydrogen-bond acceptors (Lipinski definition) is 6. The maximum atomic E-state index is 12.8. The summed E-state index contributed by atoms with van der Waals surface area (Å²) in [6, 6.07) is 26.0. The van der Waals surface area contributed by atoms with Crippen LogP contribution in [0.1, 0.15) is 35.6 Å². The molecule has 0 aliphatic carbocycles. The molecule has 2 heterocycles. The van der Waals surface area contributed by atoms with Crippen LogP contribution in [0, 0.1) is 6.92 Å². The molecule has 2 aliphatic rings. The second-order valence-electron chi connectivity index (χ2n) is 8.71. The van der Waals surface area contributed by atoms with Crippen LogP contribution in [-0.2, 0) is 9.59 Å². The van der Waals surface area contributed by atoms with Gasteiger partial charge in [0, 0.05) is 23.4 Å². The van der Waals surface area contributed by atoms with Gasteiger partial charge in [-0.2, -0.15) is 10.1 Å². The number of carbonyl (C=O) groups is 2. The zero-order chi connectivity index (χ0) is 25.1. The number of amides is 2. The maximum Gasteiger partial charge on any atom is 0.262 e. The van der Waals surface area contributed by atoms with Crippen molar-refractivity contribution in [1.29, 1.82) is 0 Å². The summed E-state index contributed by atoms with van der Waals surface area (Å²) in [6.07, 6.45) is 2.75. The highest BCUT2D eigenvalue weighted by molar-refractivity contribution is 8.15. The molecule has 1 N–H and O–H groups in total. The van der Waals surface area contributed by atoms with E-state index in [-0.39, 0.29) is 24.3 Å². The van der Waals surface area contributed by atoms with E-state index in [9.17, 15) is 9.59 Å². The summed E-state index contributed by atoms with van der Waals surface area (Å²) >= 11 is 2.92. The fourth-order valence-corrected chi connectivity index (χ4v) is 5.75. The highest BCUT2D eigenvalue weighted by Crippen LogP contribution is 2.38. The minimum absolute atomic E-state index is 0.0539. The molecule has 0 bridgehead atoms. The largest absolute Gasteiger partial charge is 0.326 e. The number of hydrazone groups is 1. The Balaban J connectivity index is 1.33. The van der Waals surface area contributed by atoms with Gasteiger partial charge in [-0.25, -0.2) is 5.01 Å². The van der Waals surface area contributed by atoms with Crippen LogP contribution in [-0.4, -0.2) is 39.2 Å². The van der Waals surface area contributed by atoms with Crippen molar-refractivity contribution in [2.24, 2.45) is 10.1 Å². The summed E-state index contributed by atoms with van der Waals surface area (Å²) in [4.78, 5) is 30.9. The van der Waals surface area contributed by atoms with Gasteiger partial charge in [0.15, 0.2) is 5.17 Å². The first-order valence-corrected chi connectivity index (χ1v) is 13.8. The summed E-state index contributed by atoms with van der Waals surface area (Å²) in [7, 11) is 0. The first-order valence-electron chi connectivity index (χ1n) is 11.7. The number of aryl methyl sites for hydroxylation is 1. The Bertz CT molecular complexity index is 1340. The molecule has 0 aromatic heterocycles. The average molecular weight is 515 g/mol. The van der Waals surface area contributed by atoms with E-state index >= 15 is 0 Å². The first kappa shape index (κ1) is 24.3. The Morgan fingerprint density at radius 2 is 1.86 bits per heavy atom. The average Bonchev–Trinajstić information content (AvgIpc) is 3.49. The molecule has 3 aromatic rings. The molecular weight excluding hydrogens is 488 g/mol. The van der Waals surface area contributed by atoms with Crippen molar-refractivity contribution in [2.75, 3.05) is 11.6 Å². The highest BCUT2D eigenvalue weighted by Gasteiger charge is 2.39. The first-order chi connectivity index (χ1) is 17.5. The lowest BCUT2D eigenvalue weighted by atomic mass is 9.98. The molecular formula is C28H26N4O2S2. The Labute approximate surface area is 219 Å². The third-order valence-corrected chi connectivity index (χ3v) is 8.00. The molecule has 3 aromatic carbocycles. The Morgan fingerprint density at radius 3 is 2.61 bits per heavy atom. The summed E-state index contributed by atoms with van der Waals surface area (Å²) in [5.74, 6) is -0.505. The summed E-state index contributed by atoms with van der Waals surface area (Å²) in [5.41, 5.74) is 5.03. The molecule has 0 saturated carbocycles. The summed E-state index contributed by atoms with van der Waals surface area (Å²) < 4.78 is 0. The van der Waals surface area contributed by atoms with E-state index in [2.05, 4.69) is 53.6 Å². The maximum absolute atomic E-state index is 12.8. The van der Waals surface area contributed by atoms with Crippen LogP contribution >= 0.6 is 23.5 Å². The quantitative estimate of drug-likeness (QED) is 0.415. The highest BCUT2D eigenvalue weighted by atomic mass is 32.2. The number of amidine groups is 1. The van der Waals surface area contributed by atoms with E-state index in [0.717, 1.165) is 27.4 Å². The lowest BCUT2D eigenvalue weighted by Crippen LogP contribution is -2.25. The van der Waals surface area contributed by atoms with Gasteiger partial charge in [-0.1, -0.05) is 78.0 Å². The van der Waals surface area contributed by atoms with E-state index in [4.69, 9.17) is 5.10 Å². The van der Waals surface area contributed by atoms with E-state index in [1.165, 1.54) is 17.3 Å². The molecule has 36 heavy (non-hydrogen) atoms. The second-order valence-corrected chi connectivity index (χ2v) is 10.8. The Hall–Kier alpha value is -3.36. The molecule has 182 valence electrons. The van der Waals surface area contributed by atoms with Crippen molar-refractivity contribution in [3.63, 3.8) is 0 Å². The summed E-state index contributed by atoms with van der Waals surface area (Å²) in [6.45, 7) is 2.06. The molecule has 0 radical (unpaired) electrons. The van der Waals surface area contributed by atoms with Crippen molar-refractivity contribution in [2.45, 2.75) is 36.0 Å². The fourth-order valence-electron chi connectivity index (χ4n) is 4.23. The van der Waals surface area contributed by atoms with E-state index in [0.29, 0.717) is 11.6 Å². The Morgan fingerprint density at radius 1 is 1.08 bits per heavy atom. The van der Waals surface area contributed by atoms with Crippen LogP contribution in [0.25, 0.3) is 0 Å². The van der Waals surface area contributed by atoms with Gasteiger partial charge in [0.05, 0.1) is 11.8 Å². The normalized spacial score (nSPS) is 19.3. The van der Waals surface area contributed by atoms with Crippen LogP contribution in [0.3, 0.4) is 0 Å². The van der Waals surface area contributed by atoms with Gasteiger partial charge in [0.2, 0.25) is 5.91 Å². The van der Waals surface area contributed by atoms with E-state index in [1.54, 1.807) is 11.8 Å². The number of nitrogens with zero attached hydrogens (tertiary/aromatic N) is 3. The lowest BCUT2D eigenvalue weighted by Gasteiger charge is -2.23. The number of hydrogen-bond donors (Lipinski definition) is 1. The number of benzene rings is 3. The summed E-state index contributed by atoms with van der Waals surface area (Å²) in [5, 5.41) is 9.64. The van der Waals surface area contributed by atoms with Crippen molar-refractivity contribution in [3.8, 4) is 0 Å². The molecule has 2 atom stereocenters. The molecule has 2 amide bonds. The van der Waals surface area contributed by atoms with Gasteiger partial charge >= 0.3 is 0 Å². The smallest absolute Gasteiger partial charge is 0.262 e. The fraction of sp³-hybridized carbons (Fsp3) is 0.214. The monoisotopic (exact) mass is 514 g/mol. The number of rotatable bonds is 6. The topological polar surface area (TPSA) is 74.1 Å². The zero-order valence-electron chi connectivity index (χ0n) is 20.0. The van der Waals surface area contributed by atoms with Crippen LogP contribution in [0.2, 0.25) is 0 Å². The third-order valence-electron chi connectivity index (χ3n) is 6.13. The number of anilines is 1. The molecule has 8 heteroatoms. The number of carbonyl (C=O) groups excluding carboxylic acids is 2. The van der Waals surface area contributed by atoms with Crippen LogP contribution in [0.4, 0.5) is 5.69 Å². The second kappa shape index (κ2) is 10.7. The number of nitrogens with one attached hydrogen (secondary N) is 1. The zero-order valence-corrected chi connectivity index (χ0v) is 21.7. The van der Waals surface area contributed by atoms with Gasteiger partial charge in [-0.15, -0.1) is 11.8 Å². The van der Waals surface area contributed by atoms with Crippen LogP contribution in [0.5, 0.6) is 0 Å². The van der Waals surface area contributed by atoms with Crippen molar-refractivity contribution < 1.29 is 9.59 Å². The lowest BCUT2D eigenvalue weighted by molar-refractivity contribution is -0.121. The van der Waals surface area contributed by atoms with Crippen LogP contribution < -0.4 is 5.32 Å². The predicted molar refractivity (Wildman–Crippen MR) is 149 cm³/mol. The minimum atomic E-state index is -0.571. The molecule has 2 aliphatic heterocycles. The van der Waals surface area contributed by atoms with Gasteiger partial charge in [0.1, 0.15) is 5.25 Å². The van der Waals surface area contributed by atoms with Crippen molar-refractivity contribution in [1.82, 2.24) is 5.01 Å². The molecule has 6 nitrogen and oxygen atoms in total. The predicted octanol–water partition coefficient (Wildman–Crippen LogP) is 5.89. The third kappa shape index (κ3) is 5.39. The van der Waals surface area contributed by atoms with Gasteiger partial charge in [-0.3, -0.25) is 9.59 Å². The molecule has 0 unspecified atom stereocenters. The minimum Gasteiger partial charge on any atom is -0.326 e. The number of thioether (sulfide) groups is 2. The molecule has 0 saturated heterocycles. The SMILES string of the molecule is CSc1cccc(NC(=O)C[C@@H]2SC(N3N=C(c4ccc(C)cc4)C[C@H]3c3ccccc3)=NC2=O)c1. The van der Waals surface area contributed by atoms with Crippen molar-refractivity contribution >= 4 is 51.9 Å². The van der Waals surface area contributed by atoms with E-state index < -0.39 is 5.25 Å². The van der Waals surface area contributed by atoms with Crippen molar-refractivity contribution in [3.05, 3.63) is 95.6 Å². The van der Waals surface area contributed by atoms with Gasteiger partial charge in [0.25, 0.3) is 5.91 Å². The van der Waals surface area contributed by atoms with Crippen LogP contribution in [0.15, 0.2) is 93.9 Å². The standard InChI is InChI=1S/C28H26N4O2S2/c1-18-11-13-19(14-12-18)23-16-24(20-7-4-3-5-8-20)32(31-23)28-30-27(34)25(36-28)17-26(33)29-21-9-6-10-22(15-21)35-2/h3-15,24-25H,16-17H2,1-2H3,(H,29,33)/t24-,25-/m0/s1. The Kier molecular flexibility index (Phi) is 7.25. The van der Waals surface area contributed by atoms with Gasteiger partial charge < -0.3 is 5.32 Å². The molecule has 5 rings (SSSR count). The number of aliphatic imine (C=N–C) groups is 1. The van der Waals surface area contributed by atoms with Gasteiger partial charge in [-0.05, 0) is 42.5 Å².